The fraction of sp³-hybridized carbons (Fsp3) is 0.152. The second-order valence-corrected chi connectivity index (χ2v) is 9.42. The first kappa shape index (κ1) is 20.0. The number of hydrogen-bond donors (Lipinski definition) is 0. The van der Waals surface area contributed by atoms with Crippen molar-refractivity contribution in [3.05, 3.63) is 94.4 Å². The molecular weight excluding hydrogens is 396 g/mol. The van der Waals surface area contributed by atoms with Gasteiger partial charge in [0.2, 0.25) is 0 Å². The van der Waals surface area contributed by atoms with Gasteiger partial charge in [-0.3, -0.25) is 0 Å². The van der Waals surface area contributed by atoms with E-state index in [-0.39, 0.29) is 0 Å². The van der Waals surface area contributed by atoms with Crippen molar-refractivity contribution >= 4 is 66.0 Å². The summed E-state index contributed by atoms with van der Waals surface area (Å²) in [5, 5.41) is 15.9. The molecule has 0 radical (unpaired) electrons. The number of hydrogen-bond acceptors (Lipinski definition) is 0. The molecule has 0 atom stereocenters. The lowest BCUT2D eigenvalue weighted by Crippen LogP contribution is -2.23. The average molecular weight is 425 g/mol. The maximum Gasteiger partial charge on any atom is -0.00923 e. The Hall–Kier alpha value is -3.64. The van der Waals surface area contributed by atoms with E-state index >= 15 is 0 Å². The van der Waals surface area contributed by atoms with Crippen LogP contribution in [0, 0.1) is 13.8 Å². The van der Waals surface area contributed by atoms with Crippen molar-refractivity contribution in [1.29, 1.82) is 0 Å². The Labute approximate surface area is 194 Å². The van der Waals surface area contributed by atoms with Gasteiger partial charge in [0.25, 0.3) is 0 Å². The second-order valence-electron chi connectivity index (χ2n) is 9.42. The Balaban J connectivity index is 1.94. The van der Waals surface area contributed by atoms with Gasteiger partial charge in [-0.25, -0.2) is 0 Å². The zero-order valence-electron chi connectivity index (χ0n) is 19.8. The Bertz CT molecular complexity index is 1870. The summed E-state index contributed by atoms with van der Waals surface area (Å²) in [6.07, 6.45) is 5.62. The van der Waals surface area contributed by atoms with Crippen molar-refractivity contribution in [1.82, 2.24) is 0 Å². The van der Waals surface area contributed by atoms with E-state index in [0.29, 0.717) is 0 Å². The van der Waals surface area contributed by atoms with Crippen molar-refractivity contribution in [3.63, 3.8) is 0 Å². The van der Waals surface area contributed by atoms with Crippen molar-refractivity contribution in [2.24, 2.45) is 0 Å². The number of fused-ring (bicyclic) bond motifs is 8. The number of benzene rings is 6. The summed E-state index contributed by atoms with van der Waals surface area (Å²) in [5.74, 6) is 0. The molecule has 0 saturated carbocycles. The highest BCUT2D eigenvalue weighted by Gasteiger charge is 2.12. The van der Waals surface area contributed by atoms with Gasteiger partial charge in [-0.1, -0.05) is 66.6 Å². The third kappa shape index (κ3) is 3.13. The van der Waals surface area contributed by atoms with Crippen molar-refractivity contribution in [3.8, 4) is 0 Å². The zero-order chi connectivity index (χ0) is 22.7. The monoisotopic (exact) mass is 424 g/mol. The molecule has 0 bridgehead atoms. The maximum atomic E-state index is 2.41. The molecule has 0 aliphatic heterocycles. The molecule has 33 heavy (non-hydrogen) atoms. The Morgan fingerprint density at radius 2 is 0.939 bits per heavy atom. The van der Waals surface area contributed by atoms with Gasteiger partial charge in [0, 0.05) is 0 Å². The molecule has 160 valence electrons. The maximum absolute atomic E-state index is 2.41. The first-order chi connectivity index (χ1) is 16.1. The summed E-state index contributed by atoms with van der Waals surface area (Å²) in [6, 6.07) is 28.0. The van der Waals surface area contributed by atoms with Gasteiger partial charge in [-0.2, -0.15) is 0 Å². The normalized spacial score (nSPS) is 13.3. The second kappa shape index (κ2) is 7.46. The van der Waals surface area contributed by atoms with E-state index in [1.54, 1.807) is 0 Å². The third-order valence-electron chi connectivity index (χ3n) is 7.09. The predicted molar refractivity (Wildman–Crippen MR) is 148 cm³/mol. The van der Waals surface area contributed by atoms with Gasteiger partial charge in [0.15, 0.2) is 0 Å². The van der Waals surface area contributed by atoms with Crippen LogP contribution in [0.5, 0.6) is 0 Å². The van der Waals surface area contributed by atoms with E-state index < -0.39 is 0 Å². The minimum atomic E-state index is 1.03. The molecule has 6 rings (SSSR count). The van der Waals surface area contributed by atoms with Crippen LogP contribution in [0.25, 0.3) is 66.0 Å². The van der Waals surface area contributed by atoms with Crippen LogP contribution in [0.2, 0.25) is 0 Å². The molecule has 0 heterocycles. The molecule has 0 aliphatic rings. The summed E-state index contributed by atoms with van der Waals surface area (Å²) in [5.41, 5.74) is 2.60. The van der Waals surface area contributed by atoms with Crippen LogP contribution >= 0.6 is 0 Å². The first-order valence-corrected chi connectivity index (χ1v) is 12.0. The largest absolute Gasteiger partial charge is 0.0798 e. The number of rotatable bonds is 1. The van der Waals surface area contributed by atoms with Crippen LogP contribution in [0.3, 0.4) is 0 Å². The molecule has 0 nitrogen and oxygen atoms in total. The molecule has 0 aliphatic carbocycles. The lowest BCUT2D eigenvalue weighted by Gasteiger charge is -2.14. The van der Waals surface area contributed by atoms with Crippen molar-refractivity contribution in [2.75, 3.05) is 0 Å². The summed E-state index contributed by atoms with van der Waals surface area (Å²) >= 11 is 0. The van der Waals surface area contributed by atoms with Crippen LogP contribution in [-0.2, 0) is 0 Å². The van der Waals surface area contributed by atoms with Crippen molar-refractivity contribution < 1.29 is 0 Å². The highest BCUT2D eigenvalue weighted by Crippen LogP contribution is 2.38. The topological polar surface area (TPSA) is 0 Å². The minimum Gasteiger partial charge on any atom is -0.0798 e. The third-order valence-corrected chi connectivity index (χ3v) is 7.09. The molecule has 6 aromatic carbocycles. The lowest BCUT2D eigenvalue weighted by atomic mass is 9.89. The van der Waals surface area contributed by atoms with Crippen LogP contribution in [0.4, 0.5) is 0 Å². The molecule has 0 N–H and O–H groups in total. The molecule has 0 unspecified atom stereocenters. The Morgan fingerprint density at radius 3 is 1.39 bits per heavy atom. The summed E-state index contributed by atoms with van der Waals surface area (Å²) in [6.45, 7) is 8.71. The van der Waals surface area contributed by atoms with Crippen LogP contribution in [0.1, 0.15) is 31.4 Å². The summed E-state index contributed by atoms with van der Waals surface area (Å²) < 4.78 is 0. The SMILES string of the molecule is C/C=c1/cc2c(c/c1=C/CC)c1cc3cc(C)ccc3cc1c1cc3ccc(C)cc3cc21. The highest BCUT2D eigenvalue weighted by atomic mass is 14.2. The minimum absolute atomic E-state index is 1.03. The van der Waals surface area contributed by atoms with Crippen LogP contribution in [-0.4, -0.2) is 0 Å². The van der Waals surface area contributed by atoms with E-state index in [0.717, 1.165) is 6.42 Å². The standard InChI is InChI=1S/C33H28/c1-5-7-23-15-29-28(14-22(23)6-2)32-18-26-12-20(3)8-10-24(26)16-30(32)31-17-25-11-9-21(4)13-27(25)19-33(29)31/h6-19H,5H2,1-4H3/b22-6-,23-7-. The average Bonchev–Trinajstić information content (AvgIpc) is 2.82. The number of aryl methyl sites for hydroxylation is 2. The molecule has 0 fully saturated rings. The van der Waals surface area contributed by atoms with E-state index in [9.17, 15) is 0 Å². The molecule has 0 saturated heterocycles. The van der Waals surface area contributed by atoms with E-state index in [1.807, 2.05) is 0 Å². The Morgan fingerprint density at radius 1 is 0.515 bits per heavy atom. The molecule has 6 aromatic rings. The smallest absolute Gasteiger partial charge is 0.00923 e. The van der Waals surface area contributed by atoms with Gasteiger partial charge >= 0.3 is 0 Å². The van der Waals surface area contributed by atoms with Gasteiger partial charge in [-0.05, 0) is 128 Å². The van der Waals surface area contributed by atoms with Crippen LogP contribution in [0.15, 0.2) is 72.8 Å². The lowest BCUT2D eigenvalue weighted by molar-refractivity contribution is 1.28. The molecule has 0 amide bonds. The summed E-state index contributed by atoms with van der Waals surface area (Å²) in [4.78, 5) is 0. The van der Waals surface area contributed by atoms with E-state index in [4.69, 9.17) is 0 Å². The summed E-state index contributed by atoms with van der Waals surface area (Å²) in [7, 11) is 0. The van der Waals surface area contributed by atoms with Gasteiger partial charge in [0.05, 0.1) is 0 Å². The molecule has 0 spiro atoms. The fourth-order valence-electron chi connectivity index (χ4n) is 5.45. The van der Waals surface area contributed by atoms with Crippen LogP contribution < -0.4 is 10.4 Å². The quantitative estimate of drug-likeness (QED) is 0.185. The molecule has 0 aromatic heterocycles. The van der Waals surface area contributed by atoms with Gasteiger partial charge in [0.1, 0.15) is 0 Å². The molecule has 0 heteroatoms. The van der Waals surface area contributed by atoms with Crippen molar-refractivity contribution in [2.45, 2.75) is 34.1 Å². The fourth-order valence-corrected chi connectivity index (χ4v) is 5.45. The predicted octanol–water partition coefficient (Wildman–Crippen LogP) is 8.06. The van der Waals surface area contributed by atoms with E-state index in [2.05, 4.69) is 113 Å². The molecular formula is C33H28. The highest BCUT2D eigenvalue weighted by molar-refractivity contribution is 6.29. The van der Waals surface area contributed by atoms with E-state index in [1.165, 1.54) is 75.4 Å². The zero-order valence-corrected chi connectivity index (χ0v) is 19.8. The Kier molecular flexibility index (Phi) is 4.52. The van der Waals surface area contributed by atoms with Gasteiger partial charge < -0.3 is 0 Å². The first-order valence-electron chi connectivity index (χ1n) is 12.0. The van der Waals surface area contributed by atoms with Gasteiger partial charge in [-0.15, -0.1) is 0 Å².